The zero-order chi connectivity index (χ0) is 19.2. The van der Waals surface area contributed by atoms with Crippen LogP contribution in [-0.2, 0) is 14.3 Å². The second kappa shape index (κ2) is 8.43. The maximum atomic E-state index is 12.1. The SMILES string of the molecule is CCOC(=O)[C@@H](NC(=O)OC(C)(C)C)[C@@H](O)c1ccc([N+](=O)[O-])cc1. The summed E-state index contributed by atoms with van der Waals surface area (Å²) in [5.74, 6) is -0.848. The van der Waals surface area contributed by atoms with Crippen LogP contribution in [0.2, 0.25) is 0 Å². The highest BCUT2D eigenvalue weighted by Crippen LogP contribution is 2.21. The average Bonchev–Trinajstić information content (AvgIpc) is 2.50. The molecule has 0 aliphatic heterocycles. The molecule has 0 aliphatic carbocycles. The second-order valence-electron chi connectivity index (χ2n) is 6.17. The third-order valence-corrected chi connectivity index (χ3v) is 2.97. The predicted molar refractivity (Wildman–Crippen MR) is 87.8 cm³/mol. The van der Waals surface area contributed by atoms with Gasteiger partial charge < -0.3 is 19.9 Å². The quantitative estimate of drug-likeness (QED) is 0.455. The Bertz CT molecular complexity index is 622. The van der Waals surface area contributed by atoms with Crippen molar-refractivity contribution in [2.45, 2.75) is 45.4 Å². The highest BCUT2D eigenvalue weighted by Gasteiger charge is 2.32. The normalized spacial score (nSPS) is 13.5. The van der Waals surface area contributed by atoms with Gasteiger partial charge in [-0.1, -0.05) is 0 Å². The number of esters is 1. The van der Waals surface area contributed by atoms with Crippen LogP contribution in [0.15, 0.2) is 24.3 Å². The summed E-state index contributed by atoms with van der Waals surface area (Å²) in [6.07, 6.45) is -2.36. The number of nitrogens with zero attached hydrogens (tertiary/aromatic N) is 1. The monoisotopic (exact) mass is 354 g/mol. The number of aliphatic hydroxyl groups excluding tert-OH is 1. The van der Waals surface area contributed by atoms with E-state index < -0.39 is 34.7 Å². The number of alkyl carbamates (subject to hydrolysis) is 1. The minimum atomic E-state index is -1.47. The molecular formula is C16H22N2O7. The van der Waals surface area contributed by atoms with Crippen LogP contribution in [0.3, 0.4) is 0 Å². The number of nitrogens with one attached hydrogen (secondary N) is 1. The van der Waals surface area contributed by atoms with Crippen LogP contribution >= 0.6 is 0 Å². The summed E-state index contributed by atoms with van der Waals surface area (Å²) in [6.45, 7) is 6.59. The predicted octanol–water partition coefficient (Wildman–Crippen LogP) is 2.08. The van der Waals surface area contributed by atoms with E-state index in [9.17, 15) is 24.8 Å². The number of carbonyl (C=O) groups excluding carboxylic acids is 2. The summed E-state index contributed by atoms with van der Waals surface area (Å²) in [6, 6.07) is 3.55. The Hall–Kier alpha value is -2.68. The molecule has 138 valence electrons. The number of ether oxygens (including phenoxy) is 2. The van der Waals surface area contributed by atoms with Crippen LogP contribution in [0.4, 0.5) is 10.5 Å². The number of amides is 1. The van der Waals surface area contributed by atoms with Gasteiger partial charge in [-0.2, -0.15) is 0 Å². The highest BCUT2D eigenvalue weighted by atomic mass is 16.6. The van der Waals surface area contributed by atoms with Crippen molar-refractivity contribution in [2.75, 3.05) is 6.61 Å². The summed E-state index contributed by atoms with van der Waals surface area (Å²) in [5.41, 5.74) is -0.745. The maximum absolute atomic E-state index is 12.1. The number of aliphatic hydroxyl groups is 1. The van der Waals surface area contributed by atoms with Gasteiger partial charge >= 0.3 is 12.1 Å². The highest BCUT2D eigenvalue weighted by molar-refractivity contribution is 5.82. The molecule has 9 heteroatoms. The van der Waals surface area contributed by atoms with Crippen molar-refractivity contribution in [3.63, 3.8) is 0 Å². The van der Waals surface area contributed by atoms with Crippen molar-refractivity contribution in [1.82, 2.24) is 5.32 Å². The number of benzene rings is 1. The van der Waals surface area contributed by atoms with Gasteiger partial charge in [0.25, 0.3) is 5.69 Å². The van der Waals surface area contributed by atoms with Crippen LogP contribution in [0.1, 0.15) is 39.4 Å². The molecule has 1 aromatic carbocycles. The molecule has 0 unspecified atom stereocenters. The third kappa shape index (κ3) is 6.38. The molecule has 9 nitrogen and oxygen atoms in total. The number of hydrogen-bond donors (Lipinski definition) is 2. The maximum Gasteiger partial charge on any atom is 0.408 e. The van der Waals surface area contributed by atoms with E-state index in [2.05, 4.69) is 5.32 Å². The van der Waals surface area contributed by atoms with Crippen molar-refractivity contribution >= 4 is 17.7 Å². The molecule has 2 N–H and O–H groups in total. The summed E-state index contributed by atoms with van der Waals surface area (Å²) in [4.78, 5) is 34.1. The Labute approximate surface area is 145 Å². The van der Waals surface area contributed by atoms with E-state index in [-0.39, 0.29) is 17.9 Å². The first-order chi connectivity index (χ1) is 11.5. The van der Waals surface area contributed by atoms with Crippen molar-refractivity contribution in [1.29, 1.82) is 0 Å². The van der Waals surface area contributed by atoms with E-state index >= 15 is 0 Å². The van der Waals surface area contributed by atoms with Gasteiger partial charge in [0.1, 0.15) is 11.7 Å². The third-order valence-electron chi connectivity index (χ3n) is 2.97. The lowest BCUT2D eigenvalue weighted by Crippen LogP contribution is -2.47. The first-order valence-corrected chi connectivity index (χ1v) is 7.63. The summed E-state index contributed by atoms with van der Waals surface area (Å²) >= 11 is 0. The number of nitro benzene ring substituents is 1. The van der Waals surface area contributed by atoms with E-state index in [1.807, 2.05) is 0 Å². The van der Waals surface area contributed by atoms with E-state index in [4.69, 9.17) is 9.47 Å². The summed E-state index contributed by atoms with van der Waals surface area (Å²) < 4.78 is 9.94. The van der Waals surface area contributed by atoms with Crippen molar-refractivity contribution < 1.29 is 29.1 Å². The minimum absolute atomic E-state index is 0.0539. The lowest BCUT2D eigenvalue weighted by molar-refractivity contribution is -0.384. The molecule has 0 heterocycles. The second-order valence-corrected chi connectivity index (χ2v) is 6.17. The van der Waals surface area contributed by atoms with Crippen molar-refractivity contribution in [3.05, 3.63) is 39.9 Å². The van der Waals surface area contributed by atoms with Gasteiger partial charge in [0.2, 0.25) is 0 Å². The van der Waals surface area contributed by atoms with Crippen molar-refractivity contribution in [2.24, 2.45) is 0 Å². The van der Waals surface area contributed by atoms with Gasteiger partial charge in [0, 0.05) is 12.1 Å². The van der Waals surface area contributed by atoms with E-state index in [0.29, 0.717) is 0 Å². The van der Waals surface area contributed by atoms with Crippen LogP contribution in [0.5, 0.6) is 0 Å². The molecule has 0 saturated carbocycles. The lowest BCUT2D eigenvalue weighted by Gasteiger charge is -2.25. The molecule has 0 aromatic heterocycles. The zero-order valence-electron chi connectivity index (χ0n) is 14.5. The fourth-order valence-corrected chi connectivity index (χ4v) is 1.92. The number of hydrogen-bond acceptors (Lipinski definition) is 7. The molecule has 2 atom stereocenters. The summed E-state index contributed by atoms with van der Waals surface area (Å²) in [5, 5.41) is 23.4. The smallest absolute Gasteiger partial charge is 0.408 e. The molecule has 1 aromatic rings. The lowest BCUT2D eigenvalue weighted by atomic mass is 10.0. The zero-order valence-corrected chi connectivity index (χ0v) is 14.5. The van der Waals surface area contributed by atoms with Crippen molar-refractivity contribution in [3.8, 4) is 0 Å². The standard InChI is InChI=1S/C16H22N2O7/c1-5-24-14(20)12(17-15(21)25-16(2,3)4)13(19)10-6-8-11(9-7-10)18(22)23/h6-9,12-13,19H,5H2,1-4H3,(H,17,21)/t12-,13-/m0/s1. The number of carbonyl (C=O) groups is 2. The fraction of sp³-hybridized carbons (Fsp3) is 0.500. The molecule has 1 rings (SSSR count). The Kier molecular flexibility index (Phi) is 6.86. The first-order valence-electron chi connectivity index (χ1n) is 7.63. The van der Waals surface area contributed by atoms with Crippen LogP contribution in [0.25, 0.3) is 0 Å². The van der Waals surface area contributed by atoms with Gasteiger partial charge in [-0.3, -0.25) is 10.1 Å². The summed E-state index contributed by atoms with van der Waals surface area (Å²) in [7, 11) is 0. The van der Waals surface area contributed by atoms with Gasteiger partial charge in [0.15, 0.2) is 6.04 Å². The van der Waals surface area contributed by atoms with E-state index in [1.165, 1.54) is 24.3 Å². The molecular weight excluding hydrogens is 332 g/mol. The Balaban J connectivity index is 2.99. The van der Waals surface area contributed by atoms with Gasteiger partial charge in [-0.15, -0.1) is 0 Å². The molecule has 0 saturated heterocycles. The van der Waals surface area contributed by atoms with Crippen LogP contribution in [0, 0.1) is 10.1 Å². The minimum Gasteiger partial charge on any atom is -0.464 e. The molecule has 0 bridgehead atoms. The molecule has 25 heavy (non-hydrogen) atoms. The number of non-ortho nitro benzene ring substituents is 1. The molecule has 0 aliphatic rings. The van der Waals surface area contributed by atoms with Crippen LogP contribution < -0.4 is 5.32 Å². The number of nitro groups is 1. The van der Waals surface area contributed by atoms with E-state index in [0.717, 1.165) is 0 Å². The average molecular weight is 354 g/mol. The molecule has 0 fully saturated rings. The number of rotatable bonds is 6. The molecule has 1 amide bonds. The first kappa shape index (κ1) is 20.4. The van der Waals surface area contributed by atoms with Crippen LogP contribution in [-0.4, -0.2) is 40.3 Å². The Morgan fingerprint density at radius 2 is 1.84 bits per heavy atom. The Morgan fingerprint density at radius 1 is 1.28 bits per heavy atom. The van der Waals surface area contributed by atoms with Gasteiger partial charge in [-0.25, -0.2) is 9.59 Å². The fourth-order valence-electron chi connectivity index (χ4n) is 1.92. The topological polar surface area (TPSA) is 128 Å². The Morgan fingerprint density at radius 3 is 2.28 bits per heavy atom. The molecule has 0 radical (unpaired) electrons. The van der Waals surface area contributed by atoms with Gasteiger partial charge in [-0.05, 0) is 45.4 Å². The van der Waals surface area contributed by atoms with Gasteiger partial charge in [0.05, 0.1) is 11.5 Å². The molecule has 0 spiro atoms. The van der Waals surface area contributed by atoms with E-state index in [1.54, 1.807) is 27.7 Å². The largest absolute Gasteiger partial charge is 0.464 e.